The number of rotatable bonds is 9. The summed E-state index contributed by atoms with van der Waals surface area (Å²) in [6.45, 7) is 4.33. The Morgan fingerprint density at radius 2 is 1.81 bits per heavy atom. The molecule has 0 amide bonds. The Morgan fingerprint density at radius 1 is 1.12 bits per heavy atom. The second kappa shape index (κ2) is 10.5. The molecule has 3 aromatic rings. The van der Waals surface area contributed by atoms with Crippen molar-refractivity contribution in [2.75, 3.05) is 6.61 Å². The van der Waals surface area contributed by atoms with Gasteiger partial charge in [0.05, 0.1) is 12.2 Å². The summed E-state index contributed by atoms with van der Waals surface area (Å²) in [7, 11) is 0. The van der Waals surface area contributed by atoms with E-state index in [4.69, 9.17) is 4.74 Å². The van der Waals surface area contributed by atoms with Gasteiger partial charge in [-0.3, -0.25) is 14.2 Å². The van der Waals surface area contributed by atoms with Gasteiger partial charge >= 0.3 is 0 Å². The molecule has 0 aliphatic heterocycles. The lowest BCUT2D eigenvalue weighted by molar-refractivity contribution is 0.103. The largest absolute Gasteiger partial charge is 0.494 e. The zero-order chi connectivity index (χ0) is 23.1. The summed E-state index contributed by atoms with van der Waals surface area (Å²) in [6, 6.07) is 18.0. The second-order valence-corrected chi connectivity index (χ2v) is 7.56. The number of unbranched alkanes of at least 4 members (excludes halogenated alkanes) is 1. The van der Waals surface area contributed by atoms with E-state index in [0.717, 1.165) is 23.0 Å². The van der Waals surface area contributed by atoms with Crippen molar-refractivity contribution in [3.05, 3.63) is 92.8 Å². The molecule has 0 fully saturated rings. The zero-order valence-corrected chi connectivity index (χ0v) is 18.3. The fraction of sp³-hybridized carbons (Fsp3) is 0.269. The minimum Gasteiger partial charge on any atom is -0.494 e. The quantitative estimate of drug-likeness (QED) is 0.402. The summed E-state index contributed by atoms with van der Waals surface area (Å²) in [5, 5.41) is 20.4. The number of aryl methyl sites for hydroxylation is 1. The number of nitrogens with zero attached hydrogens (tertiary/aromatic N) is 2. The fourth-order valence-electron chi connectivity index (χ4n) is 3.50. The minimum absolute atomic E-state index is 0.0335. The number of hydrogen-bond acceptors (Lipinski definition) is 5. The highest BCUT2D eigenvalue weighted by molar-refractivity contribution is 6.11. The molecule has 0 saturated carbocycles. The third-order valence-electron chi connectivity index (χ3n) is 5.38. The molecule has 1 N–H and O–H groups in total. The van der Waals surface area contributed by atoms with Gasteiger partial charge in [-0.05, 0) is 55.2 Å². The van der Waals surface area contributed by atoms with E-state index in [1.165, 1.54) is 6.92 Å². The van der Waals surface area contributed by atoms with Gasteiger partial charge in [0, 0.05) is 12.1 Å². The van der Waals surface area contributed by atoms with Crippen molar-refractivity contribution in [3.8, 4) is 17.7 Å². The summed E-state index contributed by atoms with van der Waals surface area (Å²) in [5.74, 6) is -0.220. The maximum atomic E-state index is 13.2. The Balaban J connectivity index is 1.95. The van der Waals surface area contributed by atoms with Crippen molar-refractivity contribution in [3.63, 3.8) is 0 Å². The van der Waals surface area contributed by atoms with Crippen LogP contribution in [-0.4, -0.2) is 22.1 Å². The average molecular weight is 431 g/mol. The molecule has 1 heterocycles. The first-order valence-electron chi connectivity index (χ1n) is 10.7. The van der Waals surface area contributed by atoms with Crippen LogP contribution in [0.25, 0.3) is 0 Å². The molecule has 0 aliphatic carbocycles. The first kappa shape index (κ1) is 22.8. The Kier molecular flexibility index (Phi) is 7.45. The van der Waals surface area contributed by atoms with Crippen LogP contribution in [0.4, 0.5) is 0 Å². The number of ketones is 1. The summed E-state index contributed by atoms with van der Waals surface area (Å²) in [4.78, 5) is 26.0. The van der Waals surface area contributed by atoms with Crippen molar-refractivity contribution >= 4 is 5.78 Å². The van der Waals surface area contributed by atoms with Crippen molar-refractivity contribution < 1.29 is 14.6 Å². The number of aromatic hydroxyl groups is 1. The molecule has 6 nitrogen and oxygen atoms in total. The van der Waals surface area contributed by atoms with Crippen LogP contribution in [0.5, 0.6) is 11.6 Å². The SMILES string of the molecule is CCCCOc1ccc(C(=O)c2c(C)c(C#N)c(=O)n(CCc3ccccc3)c2O)cc1. The molecule has 0 bridgehead atoms. The molecule has 0 unspecified atom stereocenters. The maximum Gasteiger partial charge on any atom is 0.271 e. The molecule has 6 heteroatoms. The monoisotopic (exact) mass is 430 g/mol. The van der Waals surface area contributed by atoms with Crippen LogP contribution in [0.15, 0.2) is 59.4 Å². The van der Waals surface area contributed by atoms with Crippen LogP contribution < -0.4 is 10.3 Å². The van der Waals surface area contributed by atoms with Crippen molar-refractivity contribution in [2.45, 2.75) is 39.7 Å². The summed E-state index contributed by atoms with van der Waals surface area (Å²) in [6.07, 6.45) is 2.44. The predicted octanol–water partition coefficient (Wildman–Crippen LogP) is 4.39. The van der Waals surface area contributed by atoms with Gasteiger partial charge in [0.1, 0.15) is 17.4 Å². The van der Waals surface area contributed by atoms with E-state index in [1.807, 2.05) is 36.4 Å². The first-order chi connectivity index (χ1) is 15.5. The normalized spacial score (nSPS) is 10.5. The first-order valence-corrected chi connectivity index (χ1v) is 10.7. The molecule has 164 valence electrons. The van der Waals surface area contributed by atoms with Crippen molar-refractivity contribution in [2.24, 2.45) is 0 Å². The van der Waals surface area contributed by atoms with Gasteiger partial charge < -0.3 is 9.84 Å². The number of carbonyl (C=O) groups excluding carboxylic acids is 1. The molecule has 2 aromatic carbocycles. The summed E-state index contributed by atoms with van der Waals surface area (Å²) in [5.41, 5.74) is 0.717. The van der Waals surface area contributed by atoms with Crippen LogP contribution in [0.2, 0.25) is 0 Å². The smallest absolute Gasteiger partial charge is 0.271 e. The topological polar surface area (TPSA) is 92.3 Å². The van der Waals surface area contributed by atoms with Gasteiger partial charge in [0.25, 0.3) is 5.56 Å². The van der Waals surface area contributed by atoms with E-state index < -0.39 is 17.2 Å². The number of hydrogen-bond donors (Lipinski definition) is 1. The second-order valence-electron chi connectivity index (χ2n) is 7.56. The summed E-state index contributed by atoms with van der Waals surface area (Å²) < 4.78 is 6.74. The van der Waals surface area contributed by atoms with E-state index >= 15 is 0 Å². The Hall–Kier alpha value is -3.85. The standard InChI is InChI=1S/C26H26N2O4/c1-3-4-16-32-21-12-10-20(11-13-21)24(29)23-18(2)22(17-27)25(30)28(26(23)31)15-14-19-8-6-5-7-9-19/h5-13,31H,3-4,14-16H2,1-2H3. The highest BCUT2D eigenvalue weighted by atomic mass is 16.5. The molecular formula is C26H26N2O4. The number of benzene rings is 2. The van der Waals surface area contributed by atoms with Gasteiger partial charge in [-0.1, -0.05) is 43.7 Å². The Bertz CT molecular complexity index is 1190. The van der Waals surface area contributed by atoms with E-state index in [2.05, 4.69) is 6.92 Å². The third-order valence-corrected chi connectivity index (χ3v) is 5.38. The average Bonchev–Trinajstić information content (AvgIpc) is 2.80. The lowest BCUT2D eigenvalue weighted by Crippen LogP contribution is -2.27. The van der Waals surface area contributed by atoms with Crippen LogP contribution in [0, 0.1) is 18.3 Å². The number of aromatic nitrogens is 1. The molecule has 32 heavy (non-hydrogen) atoms. The maximum absolute atomic E-state index is 13.2. The predicted molar refractivity (Wildman–Crippen MR) is 122 cm³/mol. The molecule has 1 aromatic heterocycles. The molecule has 0 spiro atoms. The molecule has 0 aliphatic rings. The van der Waals surface area contributed by atoms with Crippen molar-refractivity contribution in [1.82, 2.24) is 4.57 Å². The lowest BCUT2D eigenvalue weighted by atomic mass is 9.97. The van der Waals surface area contributed by atoms with E-state index in [0.29, 0.717) is 24.3 Å². The number of pyridine rings is 1. The van der Waals surface area contributed by atoms with Gasteiger partial charge in [-0.15, -0.1) is 0 Å². The number of nitriles is 1. The van der Waals surface area contributed by atoms with Gasteiger partial charge in [-0.25, -0.2) is 0 Å². The van der Waals surface area contributed by atoms with Crippen LogP contribution in [0.1, 0.15) is 52.4 Å². The van der Waals surface area contributed by atoms with Gasteiger partial charge in [-0.2, -0.15) is 5.26 Å². The lowest BCUT2D eigenvalue weighted by Gasteiger charge is -2.16. The van der Waals surface area contributed by atoms with E-state index in [-0.39, 0.29) is 23.2 Å². The van der Waals surface area contributed by atoms with Crippen LogP contribution >= 0.6 is 0 Å². The molecular weight excluding hydrogens is 404 g/mol. The van der Waals surface area contributed by atoms with Crippen molar-refractivity contribution in [1.29, 1.82) is 5.26 Å². The molecule has 0 saturated heterocycles. The molecule has 3 rings (SSSR count). The Labute approximate surface area is 187 Å². The third kappa shape index (κ3) is 4.89. The molecule has 0 atom stereocenters. The highest BCUT2D eigenvalue weighted by Crippen LogP contribution is 2.26. The van der Waals surface area contributed by atoms with Crippen LogP contribution in [-0.2, 0) is 13.0 Å². The van der Waals surface area contributed by atoms with Gasteiger partial charge in [0.2, 0.25) is 5.88 Å². The molecule has 0 radical (unpaired) electrons. The van der Waals surface area contributed by atoms with Gasteiger partial charge in [0.15, 0.2) is 5.78 Å². The minimum atomic E-state index is -0.602. The highest BCUT2D eigenvalue weighted by Gasteiger charge is 2.24. The number of ether oxygens (including phenoxy) is 1. The Morgan fingerprint density at radius 3 is 2.44 bits per heavy atom. The summed E-state index contributed by atoms with van der Waals surface area (Å²) >= 11 is 0. The van der Waals surface area contributed by atoms with E-state index in [1.54, 1.807) is 24.3 Å². The fourth-order valence-corrected chi connectivity index (χ4v) is 3.50. The number of carbonyl (C=O) groups is 1. The van der Waals surface area contributed by atoms with E-state index in [9.17, 15) is 20.0 Å². The zero-order valence-electron chi connectivity index (χ0n) is 18.3. The van der Waals surface area contributed by atoms with Crippen LogP contribution in [0.3, 0.4) is 0 Å².